The fraction of sp³-hybridized carbons (Fsp3) is 0.0476. The summed E-state index contributed by atoms with van der Waals surface area (Å²) in [6, 6.07) is 15.4. The second kappa shape index (κ2) is 6.99. The van der Waals surface area contributed by atoms with E-state index >= 15 is 0 Å². The first-order valence-corrected chi connectivity index (χ1v) is 9.08. The zero-order valence-electron chi connectivity index (χ0n) is 15.2. The number of hydrogen-bond acceptors (Lipinski definition) is 5. The number of carbonyl (C=O) groups is 2. The van der Waals surface area contributed by atoms with Gasteiger partial charge in [-0.15, -0.1) is 0 Å². The lowest BCUT2D eigenvalue weighted by molar-refractivity contribution is -0.122. The number of fused-ring (bicyclic) bond motifs is 1. The van der Waals surface area contributed by atoms with E-state index in [0.29, 0.717) is 16.6 Å². The number of benzene rings is 2. The molecular formula is C21H15N3O4S. The summed E-state index contributed by atoms with van der Waals surface area (Å²) in [5.74, 6) is -1.71. The number of nitrogens with one attached hydrogen (secondary N) is 1. The van der Waals surface area contributed by atoms with Gasteiger partial charge in [0, 0.05) is 12.4 Å². The molecule has 0 bridgehead atoms. The van der Waals surface area contributed by atoms with Crippen molar-refractivity contribution in [1.29, 1.82) is 0 Å². The van der Waals surface area contributed by atoms with E-state index in [9.17, 15) is 19.5 Å². The van der Waals surface area contributed by atoms with Crippen LogP contribution < -0.4 is 15.8 Å². The van der Waals surface area contributed by atoms with Crippen molar-refractivity contribution < 1.29 is 14.7 Å². The van der Waals surface area contributed by atoms with E-state index in [-0.39, 0.29) is 22.0 Å². The van der Waals surface area contributed by atoms with Crippen LogP contribution in [0.1, 0.15) is 5.56 Å². The van der Waals surface area contributed by atoms with Crippen LogP contribution in [0.3, 0.4) is 0 Å². The summed E-state index contributed by atoms with van der Waals surface area (Å²) in [6.45, 7) is 0. The maximum absolute atomic E-state index is 13.0. The third kappa shape index (κ3) is 2.99. The van der Waals surface area contributed by atoms with E-state index in [1.54, 1.807) is 61.6 Å². The predicted octanol–water partition coefficient (Wildman–Crippen LogP) is 2.08. The molecule has 0 unspecified atom stereocenters. The van der Waals surface area contributed by atoms with Crippen LogP contribution in [0.4, 0.5) is 5.69 Å². The lowest BCUT2D eigenvalue weighted by atomic mass is 10.0. The van der Waals surface area contributed by atoms with Crippen molar-refractivity contribution in [1.82, 2.24) is 9.88 Å². The first kappa shape index (κ1) is 18.6. The fourth-order valence-electron chi connectivity index (χ4n) is 3.25. The second-order valence-corrected chi connectivity index (χ2v) is 6.82. The van der Waals surface area contributed by atoms with Crippen LogP contribution in [-0.4, -0.2) is 26.6 Å². The van der Waals surface area contributed by atoms with E-state index in [4.69, 9.17) is 12.2 Å². The van der Waals surface area contributed by atoms with Crippen LogP contribution in [0, 0.1) is 0 Å². The molecule has 0 spiro atoms. The standard InChI is InChI=1S/C21H15N3O4S/c1-23-16-10-6-5-9-13(16)17(25)14(19(23)27)11-15-18(26)22-21(29)24(20(15)28)12-7-3-2-4-8-12/h2-11,25H,1H3,(H,22,26,29)/b15-11+. The number of carbonyl (C=O) groups excluding carboxylic acids is 2. The van der Waals surface area contributed by atoms with Crippen molar-refractivity contribution in [3.05, 3.63) is 76.1 Å². The molecule has 2 aromatic carbocycles. The van der Waals surface area contributed by atoms with Gasteiger partial charge in [-0.05, 0) is 42.6 Å². The van der Waals surface area contributed by atoms with E-state index in [2.05, 4.69) is 5.32 Å². The van der Waals surface area contributed by atoms with E-state index in [1.165, 1.54) is 9.47 Å². The molecule has 0 atom stereocenters. The monoisotopic (exact) mass is 405 g/mol. The van der Waals surface area contributed by atoms with Gasteiger partial charge in [-0.1, -0.05) is 30.3 Å². The van der Waals surface area contributed by atoms with Crippen LogP contribution in [-0.2, 0) is 16.6 Å². The number of pyridine rings is 1. The SMILES string of the molecule is Cn1c(=O)c(/C=C2\C(=O)NC(=S)N(c3ccccc3)C2=O)c(O)c2ccccc21. The van der Waals surface area contributed by atoms with Crippen LogP contribution in [0.5, 0.6) is 5.75 Å². The highest BCUT2D eigenvalue weighted by atomic mass is 32.1. The maximum Gasteiger partial charge on any atom is 0.270 e. The quantitative estimate of drug-likeness (QED) is 0.387. The minimum absolute atomic E-state index is 0.0565. The highest BCUT2D eigenvalue weighted by Gasteiger charge is 2.35. The fourth-order valence-corrected chi connectivity index (χ4v) is 3.53. The summed E-state index contributed by atoms with van der Waals surface area (Å²) in [4.78, 5) is 39.5. The number of para-hydroxylation sites is 2. The molecule has 1 saturated heterocycles. The van der Waals surface area contributed by atoms with Gasteiger partial charge < -0.3 is 9.67 Å². The van der Waals surface area contributed by atoms with Gasteiger partial charge in [-0.25, -0.2) is 0 Å². The molecule has 144 valence electrons. The van der Waals surface area contributed by atoms with Crippen LogP contribution in [0.2, 0.25) is 0 Å². The maximum atomic E-state index is 13.0. The number of aromatic nitrogens is 1. The summed E-state index contributed by atoms with van der Waals surface area (Å²) >= 11 is 5.15. The molecular weight excluding hydrogens is 390 g/mol. The largest absolute Gasteiger partial charge is 0.506 e. The van der Waals surface area contributed by atoms with Crippen molar-refractivity contribution in [2.75, 3.05) is 4.90 Å². The molecule has 2 amide bonds. The summed E-state index contributed by atoms with van der Waals surface area (Å²) < 4.78 is 1.35. The third-order valence-corrected chi connectivity index (χ3v) is 5.00. The molecule has 1 fully saturated rings. The van der Waals surface area contributed by atoms with Gasteiger partial charge in [0.05, 0.1) is 16.8 Å². The Hall–Kier alpha value is -3.78. The highest BCUT2D eigenvalue weighted by molar-refractivity contribution is 7.80. The Morgan fingerprint density at radius 1 is 1.00 bits per heavy atom. The van der Waals surface area contributed by atoms with Gasteiger partial charge in [0.1, 0.15) is 11.3 Å². The molecule has 2 N–H and O–H groups in total. The number of aryl methyl sites for hydroxylation is 1. The Morgan fingerprint density at radius 3 is 2.38 bits per heavy atom. The Labute approximate surface area is 170 Å². The Bertz CT molecular complexity index is 1280. The normalized spacial score (nSPS) is 15.8. The van der Waals surface area contributed by atoms with Gasteiger partial charge in [-0.3, -0.25) is 24.6 Å². The summed E-state index contributed by atoms with van der Waals surface area (Å²) in [5.41, 5.74) is 0.0251. The van der Waals surface area contributed by atoms with Gasteiger partial charge >= 0.3 is 0 Å². The number of nitrogens with zero attached hydrogens (tertiary/aromatic N) is 2. The molecule has 29 heavy (non-hydrogen) atoms. The van der Waals surface area contributed by atoms with Gasteiger partial charge in [0.15, 0.2) is 5.11 Å². The molecule has 4 rings (SSSR count). The molecule has 1 aromatic heterocycles. The van der Waals surface area contributed by atoms with E-state index in [0.717, 1.165) is 6.08 Å². The smallest absolute Gasteiger partial charge is 0.270 e. The lowest BCUT2D eigenvalue weighted by Crippen LogP contribution is -2.54. The van der Waals surface area contributed by atoms with Crippen LogP contribution in [0.25, 0.3) is 17.0 Å². The van der Waals surface area contributed by atoms with Crippen molar-refractivity contribution in [2.45, 2.75) is 0 Å². The molecule has 0 aliphatic carbocycles. The summed E-state index contributed by atoms with van der Waals surface area (Å²) in [7, 11) is 1.56. The Kier molecular flexibility index (Phi) is 4.48. The summed E-state index contributed by atoms with van der Waals surface area (Å²) in [6.07, 6.45) is 1.11. The minimum Gasteiger partial charge on any atom is -0.506 e. The van der Waals surface area contributed by atoms with Crippen molar-refractivity contribution in [2.24, 2.45) is 7.05 Å². The molecule has 3 aromatic rings. The van der Waals surface area contributed by atoms with Crippen molar-refractivity contribution in [3.63, 3.8) is 0 Å². The number of hydrogen-bond donors (Lipinski definition) is 2. The average molecular weight is 405 g/mol. The molecule has 8 heteroatoms. The third-order valence-electron chi connectivity index (χ3n) is 4.72. The van der Waals surface area contributed by atoms with Crippen molar-refractivity contribution in [3.8, 4) is 5.75 Å². The zero-order chi connectivity index (χ0) is 20.7. The Morgan fingerprint density at radius 2 is 1.66 bits per heavy atom. The lowest BCUT2D eigenvalue weighted by Gasteiger charge is -2.28. The number of amides is 2. The summed E-state index contributed by atoms with van der Waals surface area (Å²) in [5, 5.41) is 13.5. The topological polar surface area (TPSA) is 91.6 Å². The minimum atomic E-state index is -0.734. The first-order valence-electron chi connectivity index (χ1n) is 8.67. The van der Waals surface area contributed by atoms with Gasteiger partial charge in [0.25, 0.3) is 17.4 Å². The number of thiocarbonyl (C=S) groups is 1. The van der Waals surface area contributed by atoms with Gasteiger partial charge in [-0.2, -0.15) is 0 Å². The second-order valence-electron chi connectivity index (χ2n) is 6.44. The molecule has 2 heterocycles. The van der Waals surface area contributed by atoms with Crippen molar-refractivity contribution >= 4 is 51.8 Å². The van der Waals surface area contributed by atoms with E-state index < -0.39 is 17.4 Å². The molecule has 1 aliphatic heterocycles. The average Bonchev–Trinajstić information content (AvgIpc) is 2.72. The molecule has 1 aliphatic rings. The first-order chi connectivity index (χ1) is 13.9. The Balaban J connectivity index is 1.90. The van der Waals surface area contributed by atoms with Crippen LogP contribution in [0.15, 0.2) is 65.0 Å². The van der Waals surface area contributed by atoms with Gasteiger partial charge in [0.2, 0.25) is 0 Å². The predicted molar refractivity (Wildman–Crippen MR) is 113 cm³/mol. The molecule has 7 nitrogen and oxygen atoms in total. The van der Waals surface area contributed by atoms with Crippen LogP contribution >= 0.6 is 12.2 Å². The number of aromatic hydroxyl groups is 1. The molecule has 0 saturated carbocycles. The zero-order valence-corrected chi connectivity index (χ0v) is 16.1. The van der Waals surface area contributed by atoms with E-state index in [1.807, 2.05) is 0 Å². The number of rotatable bonds is 2. The number of anilines is 1. The molecule has 0 radical (unpaired) electrons. The highest BCUT2D eigenvalue weighted by Crippen LogP contribution is 2.28.